The van der Waals surface area contributed by atoms with E-state index in [1.807, 2.05) is 53.8 Å². The molecule has 5 aromatic rings. The van der Waals surface area contributed by atoms with Gasteiger partial charge in [-0.25, -0.2) is 14.6 Å². The highest BCUT2D eigenvalue weighted by molar-refractivity contribution is 5.95. The average Bonchev–Trinajstić information content (AvgIpc) is 3.93. The highest BCUT2D eigenvalue weighted by atomic mass is 16.5. The number of aromatic amines is 1. The normalized spacial score (nSPS) is 16.2. The SMILES string of the molecule is CC(C)Oc1ccc(-c2n[nH]c3ccc(NC=O)cc23)cn1.CO[C@H]1CCN(CC(=O)N2CC=C(c3ccc(-c4ncn(C(C)C)n4)cc3)CC2)C1. The maximum atomic E-state index is 12.6. The fourth-order valence-corrected chi connectivity index (χ4v) is 6.30. The lowest BCUT2D eigenvalue weighted by Gasteiger charge is -2.28. The fraction of sp³-hybridized carbons (Fsp3) is 0.385. The smallest absolute Gasteiger partial charge is 0.237 e. The number of fused-ring (bicyclic) bond motifs is 1. The van der Waals surface area contributed by atoms with Crippen LogP contribution in [-0.2, 0) is 14.3 Å². The number of rotatable bonds is 11. The number of nitrogens with one attached hydrogen (secondary N) is 2. The minimum atomic E-state index is 0.0848. The summed E-state index contributed by atoms with van der Waals surface area (Å²) in [6.07, 6.45) is 8.59. The lowest BCUT2D eigenvalue weighted by Crippen LogP contribution is -2.41. The summed E-state index contributed by atoms with van der Waals surface area (Å²) in [5.74, 6) is 1.55. The third-order valence-electron chi connectivity index (χ3n) is 9.19. The molecule has 1 fully saturated rings. The molecule has 0 spiro atoms. The van der Waals surface area contributed by atoms with Gasteiger partial charge in [0, 0.05) is 73.8 Å². The number of benzene rings is 2. The highest BCUT2D eigenvalue weighted by Gasteiger charge is 2.26. The van der Waals surface area contributed by atoms with Gasteiger partial charge in [0.1, 0.15) is 12.0 Å². The maximum absolute atomic E-state index is 12.6. The summed E-state index contributed by atoms with van der Waals surface area (Å²) < 4.78 is 12.8. The van der Waals surface area contributed by atoms with Crippen molar-refractivity contribution in [1.82, 2.24) is 39.7 Å². The van der Waals surface area contributed by atoms with Gasteiger partial charge in [-0.1, -0.05) is 30.3 Å². The van der Waals surface area contributed by atoms with Crippen molar-refractivity contribution in [3.8, 4) is 28.5 Å². The van der Waals surface area contributed by atoms with E-state index in [2.05, 4.69) is 79.7 Å². The van der Waals surface area contributed by atoms with E-state index >= 15 is 0 Å². The van der Waals surface area contributed by atoms with E-state index in [0.717, 1.165) is 71.7 Å². The number of amides is 2. The van der Waals surface area contributed by atoms with Gasteiger partial charge in [-0.3, -0.25) is 19.6 Å². The number of hydrogen-bond acceptors (Lipinski definition) is 9. The van der Waals surface area contributed by atoms with E-state index in [4.69, 9.17) is 9.47 Å². The molecule has 2 aromatic carbocycles. The Bertz CT molecular complexity index is 1980. The summed E-state index contributed by atoms with van der Waals surface area (Å²) >= 11 is 0. The molecule has 2 N–H and O–H groups in total. The first-order valence-corrected chi connectivity index (χ1v) is 17.8. The Labute approximate surface area is 304 Å². The number of ether oxygens (including phenoxy) is 2. The third kappa shape index (κ3) is 8.90. The standard InChI is InChI=1S/C23H31N5O2.C16H16N4O2/c1-17(2)28-16-24-23(25-28)20-6-4-18(5-7-20)19-8-12-27(13-9-19)22(29)15-26-11-10-21(14-26)30-3;1-10(2)22-15-6-3-11(8-17-15)16-13-7-12(18-9-21)4-5-14(13)19-20-16/h4-8,16-17,21H,9-15H2,1-3H3;3-10H,1-2H3,(H,18,21)(H,19,20)/t21-;/m0./s1. The molecule has 2 aliphatic rings. The van der Waals surface area contributed by atoms with E-state index in [-0.39, 0.29) is 18.1 Å². The number of carbonyl (C=O) groups is 2. The fourth-order valence-electron chi connectivity index (χ4n) is 6.30. The Morgan fingerprint density at radius 3 is 2.44 bits per heavy atom. The number of methoxy groups -OCH3 is 1. The van der Waals surface area contributed by atoms with Gasteiger partial charge in [-0.2, -0.15) is 10.2 Å². The zero-order chi connectivity index (χ0) is 36.6. The lowest BCUT2D eigenvalue weighted by atomic mass is 9.98. The quantitative estimate of drug-likeness (QED) is 0.162. The number of nitrogens with zero attached hydrogens (tertiary/aromatic N) is 7. The molecule has 52 heavy (non-hydrogen) atoms. The van der Waals surface area contributed by atoms with Crippen LogP contribution in [0.15, 0.2) is 73.2 Å². The van der Waals surface area contributed by atoms with Gasteiger partial charge in [0.25, 0.3) is 0 Å². The molecule has 13 heteroatoms. The molecule has 272 valence electrons. The molecular formula is C39H47N9O4. The van der Waals surface area contributed by atoms with Gasteiger partial charge in [-0.15, -0.1) is 0 Å². The predicted octanol–water partition coefficient (Wildman–Crippen LogP) is 5.84. The molecule has 2 amide bonds. The first-order chi connectivity index (χ1) is 25.2. The van der Waals surface area contributed by atoms with Gasteiger partial charge in [-0.05, 0) is 75.9 Å². The largest absolute Gasteiger partial charge is 0.475 e. The molecule has 0 saturated carbocycles. The van der Waals surface area contributed by atoms with E-state index in [1.54, 1.807) is 19.6 Å². The molecule has 1 atom stereocenters. The van der Waals surface area contributed by atoms with Gasteiger partial charge >= 0.3 is 0 Å². The second-order valence-electron chi connectivity index (χ2n) is 13.6. The Hall–Kier alpha value is -5.40. The van der Waals surface area contributed by atoms with Crippen LogP contribution in [-0.4, -0.2) is 104 Å². The van der Waals surface area contributed by atoms with Crippen LogP contribution in [0.3, 0.4) is 0 Å². The zero-order valence-corrected chi connectivity index (χ0v) is 30.5. The minimum absolute atomic E-state index is 0.0848. The van der Waals surface area contributed by atoms with Crippen molar-refractivity contribution in [1.29, 1.82) is 0 Å². The van der Waals surface area contributed by atoms with Crippen molar-refractivity contribution in [3.63, 3.8) is 0 Å². The van der Waals surface area contributed by atoms with Crippen LogP contribution in [0.4, 0.5) is 5.69 Å². The number of H-pyrrole nitrogens is 1. The van der Waals surface area contributed by atoms with Crippen LogP contribution in [0.5, 0.6) is 5.88 Å². The molecular weight excluding hydrogens is 658 g/mol. The number of aromatic nitrogens is 6. The monoisotopic (exact) mass is 705 g/mol. The summed E-state index contributed by atoms with van der Waals surface area (Å²) in [5, 5.41) is 15.4. The maximum Gasteiger partial charge on any atom is 0.237 e. The van der Waals surface area contributed by atoms with Gasteiger partial charge < -0.3 is 19.7 Å². The minimum Gasteiger partial charge on any atom is -0.475 e. The van der Waals surface area contributed by atoms with Crippen molar-refractivity contribution in [2.45, 2.75) is 58.8 Å². The third-order valence-corrected chi connectivity index (χ3v) is 9.19. The Morgan fingerprint density at radius 1 is 1.02 bits per heavy atom. The summed E-state index contributed by atoms with van der Waals surface area (Å²) in [6.45, 7) is 11.8. The van der Waals surface area contributed by atoms with E-state index in [1.165, 1.54) is 11.1 Å². The first kappa shape index (κ1) is 36.4. The predicted molar refractivity (Wildman–Crippen MR) is 202 cm³/mol. The van der Waals surface area contributed by atoms with Crippen LogP contribution in [0, 0.1) is 0 Å². The van der Waals surface area contributed by atoms with Crippen LogP contribution in [0.2, 0.25) is 0 Å². The topological polar surface area (TPSA) is 143 Å². The molecule has 0 radical (unpaired) electrons. The molecule has 13 nitrogen and oxygen atoms in total. The van der Waals surface area contributed by atoms with Crippen LogP contribution in [0.1, 0.15) is 52.1 Å². The van der Waals surface area contributed by atoms with Crippen molar-refractivity contribution in [2.75, 3.05) is 45.2 Å². The number of hydrogen-bond donors (Lipinski definition) is 2. The summed E-state index contributed by atoms with van der Waals surface area (Å²) in [5.41, 5.74) is 6.81. The number of likely N-dealkylation sites (tertiary alicyclic amines) is 1. The van der Waals surface area contributed by atoms with E-state index < -0.39 is 0 Å². The highest BCUT2D eigenvalue weighted by Crippen LogP contribution is 2.29. The molecule has 0 unspecified atom stereocenters. The summed E-state index contributed by atoms with van der Waals surface area (Å²) in [6, 6.07) is 18.0. The average molecular weight is 706 g/mol. The molecule has 7 rings (SSSR count). The Kier molecular flexibility index (Phi) is 11.7. The Balaban J connectivity index is 0.000000187. The lowest BCUT2D eigenvalue weighted by molar-refractivity contribution is -0.131. The number of anilines is 1. The van der Waals surface area contributed by atoms with Crippen molar-refractivity contribution >= 4 is 34.5 Å². The summed E-state index contributed by atoms with van der Waals surface area (Å²) in [7, 11) is 1.74. The zero-order valence-electron chi connectivity index (χ0n) is 30.5. The molecule has 1 saturated heterocycles. The molecule has 2 aliphatic heterocycles. The van der Waals surface area contributed by atoms with Gasteiger partial charge in [0.2, 0.25) is 18.2 Å². The van der Waals surface area contributed by atoms with Gasteiger partial charge in [0.15, 0.2) is 5.82 Å². The molecule has 3 aromatic heterocycles. The Morgan fingerprint density at radius 2 is 1.81 bits per heavy atom. The van der Waals surface area contributed by atoms with Crippen LogP contribution < -0.4 is 10.1 Å². The van der Waals surface area contributed by atoms with Crippen LogP contribution >= 0.6 is 0 Å². The van der Waals surface area contributed by atoms with Crippen molar-refractivity contribution in [2.24, 2.45) is 0 Å². The van der Waals surface area contributed by atoms with E-state index in [0.29, 0.717) is 31.4 Å². The van der Waals surface area contributed by atoms with Crippen molar-refractivity contribution < 1.29 is 19.1 Å². The molecule has 5 heterocycles. The summed E-state index contributed by atoms with van der Waals surface area (Å²) in [4.78, 5) is 36.1. The van der Waals surface area contributed by atoms with Gasteiger partial charge in [0.05, 0.1) is 24.3 Å². The van der Waals surface area contributed by atoms with Crippen LogP contribution in [0.25, 0.3) is 39.1 Å². The number of pyridine rings is 1. The number of carbonyl (C=O) groups excluding carboxylic acids is 2. The van der Waals surface area contributed by atoms with Crippen molar-refractivity contribution in [3.05, 3.63) is 78.8 Å². The molecule has 0 bridgehead atoms. The van der Waals surface area contributed by atoms with E-state index in [9.17, 15) is 9.59 Å². The second-order valence-corrected chi connectivity index (χ2v) is 13.6. The second kappa shape index (κ2) is 16.7. The first-order valence-electron chi connectivity index (χ1n) is 17.8. The molecule has 0 aliphatic carbocycles.